The smallest absolute Gasteiger partial charge is 0.247 e. The van der Waals surface area contributed by atoms with Gasteiger partial charge in [0.15, 0.2) is 5.82 Å². The number of hydrogen-bond acceptors (Lipinski definition) is 3. The second-order valence-electron chi connectivity index (χ2n) is 3.17. The highest BCUT2D eigenvalue weighted by Gasteiger charge is 2.18. The predicted octanol–water partition coefficient (Wildman–Crippen LogP) is 2.57. The van der Waals surface area contributed by atoms with E-state index in [1.807, 2.05) is 0 Å². The summed E-state index contributed by atoms with van der Waals surface area (Å²) in [5.41, 5.74) is 0.359. The minimum Gasteiger partial charge on any atom is -0.331 e. The Labute approximate surface area is 109 Å². The molecule has 0 N–H and O–H groups in total. The van der Waals surface area contributed by atoms with Crippen molar-refractivity contribution >= 4 is 37.6 Å². The monoisotopic (exact) mass is 343 g/mol. The molecule has 0 unspecified atom stereocenters. The first-order valence-corrected chi connectivity index (χ1v) is 6.01. The lowest BCUT2D eigenvalue weighted by Gasteiger charge is -2.03. The number of hydrogen-bond donors (Lipinski definition) is 0. The molecule has 0 saturated carbocycles. The van der Waals surface area contributed by atoms with Crippen molar-refractivity contribution in [2.24, 2.45) is 7.05 Å². The fourth-order valence-electron chi connectivity index (χ4n) is 1.27. The zero-order chi connectivity index (χ0) is 11.7. The highest BCUT2D eigenvalue weighted by atomic mass is 79.9. The summed E-state index contributed by atoms with van der Waals surface area (Å²) in [5.74, 6) is 0.169. The minimum atomic E-state index is -0.202. The summed E-state index contributed by atoms with van der Waals surface area (Å²) in [4.78, 5) is 20.1. The van der Waals surface area contributed by atoms with Gasteiger partial charge in [-0.25, -0.2) is 4.98 Å². The molecule has 0 fully saturated rings. The number of rotatable bonds is 2. The molecule has 0 aliphatic rings. The van der Waals surface area contributed by atoms with E-state index in [9.17, 15) is 4.79 Å². The Hall–Kier alpha value is -1.01. The minimum absolute atomic E-state index is 0.202. The van der Waals surface area contributed by atoms with Gasteiger partial charge in [0.05, 0.1) is 0 Å². The van der Waals surface area contributed by atoms with Crippen molar-refractivity contribution in [3.8, 4) is 0 Å². The molecule has 0 aliphatic carbocycles. The van der Waals surface area contributed by atoms with E-state index in [2.05, 4.69) is 41.8 Å². The lowest BCUT2D eigenvalue weighted by atomic mass is 10.2. The number of aryl methyl sites for hydroxylation is 1. The molecule has 16 heavy (non-hydrogen) atoms. The van der Waals surface area contributed by atoms with Gasteiger partial charge in [0.1, 0.15) is 5.69 Å². The number of carbonyl (C=O) groups excluding carboxylic acids is 1. The van der Waals surface area contributed by atoms with Crippen LogP contribution in [0.3, 0.4) is 0 Å². The summed E-state index contributed by atoms with van der Waals surface area (Å²) in [5, 5.41) is 0. The number of pyridine rings is 1. The van der Waals surface area contributed by atoms with E-state index in [4.69, 9.17) is 0 Å². The van der Waals surface area contributed by atoms with Gasteiger partial charge in [-0.15, -0.1) is 0 Å². The lowest BCUT2D eigenvalue weighted by Crippen LogP contribution is -2.11. The average Bonchev–Trinajstić information content (AvgIpc) is 2.63. The van der Waals surface area contributed by atoms with Gasteiger partial charge in [-0.2, -0.15) is 0 Å². The largest absolute Gasteiger partial charge is 0.331 e. The van der Waals surface area contributed by atoms with Crippen LogP contribution in [-0.2, 0) is 7.05 Å². The van der Waals surface area contributed by atoms with Gasteiger partial charge >= 0.3 is 0 Å². The van der Waals surface area contributed by atoms with Crippen LogP contribution in [0.5, 0.6) is 0 Å². The van der Waals surface area contributed by atoms with Crippen LogP contribution in [-0.4, -0.2) is 20.3 Å². The first-order valence-electron chi connectivity index (χ1n) is 4.42. The van der Waals surface area contributed by atoms with Gasteiger partial charge in [-0.1, -0.05) is 0 Å². The highest BCUT2D eigenvalue weighted by molar-refractivity contribution is 9.11. The summed E-state index contributed by atoms with van der Waals surface area (Å²) in [7, 11) is 1.77. The van der Waals surface area contributed by atoms with E-state index in [1.54, 1.807) is 36.3 Å². The molecule has 2 aromatic heterocycles. The Bertz CT molecular complexity index is 551. The Kier molecular flexibility index (Phi) is 3.20. The number of aromatic nitrogens is 3. The van der Waals surface area contributed by atoms with Gasteiger partial charge < -0.3 is 4.57 Å². The summed E-state index contributed by atoms with van der Waals surface area (Å²) < 4.78 is 3.13. The molecule has 2 rings (SSSR count). The molecule has 2 heterocycles. The zero-order valence-corrected chi connectivity index (χ0v) is 11.5. The fourth-order valence-corrected chi connectivity index (χ4v) is 2.44. The Morgan fingerprint density at radius 2 is 2.12 bits per heavy atom. The van der Waals surface area contributed by atoms with Crippen LogP contribution in [0.4, 0.5) is 0 Å². The third kappa shape index (κ3) is 2.08. The molecule has 0 radical (unpaired) electrons. The first-order chi connectivity index (χ1) is 7.59. The van der Waals surface area contributed by atoms with Crippen LogP contribution in [0.1, 0.15) is 16.3 Å². The summed E-state index contributed by atoms with van der Waals surface area (Å²) >= 11 is 6.59. The van der Waals surface area contributed by atoms with Crippen molar-refractivity contribution in [3.05, 3.63) is 45.1 Å². The maximum atomic E-state index is 12.1. The number of ketones is 1. The normalized spacial score (nSPS) is 10.4. The van der Waals surface area contributed by atoms with Crippen molar-refractivity contribution in [3.63, 3.8) is 0 Å². The average molecular weight is 345 g/mol. The van der Waals surface area contributed by atoms with Crippen molar-refractivity contribution < 1.29 is 4.79 Å². The van der Waals surface area contributed by atoms with Crippen LogP contribution in [0.25, 0.3) is 0 Å². The van der Waals surface area contributed by atoms with Gasteiger partial charge in [0.2, 0.25) is 5.78 Å². The third-order valence-corrected chi connectivity index (χ3v) is 3.09. The van der Waals surface area contributed by atoms with E-state index in [-0.39, 0.29) is 5.78 Å². The van der Waals surface area contributed by atoms with Crippen LogP contribution in [0.15, 0.2) is 33.6 Å². The molecule has 0 bridgehead atoms. The molecular weight excluding hydrogens is 338 g/mol. The molecule has 0 spiro atoms. The molecular formula is C10H7Br2N3O. The Balaban J connectivity index is 2.46. The third-order valence-electron chi connectivity index (χ3n) is 2.05. The van der Waals surface area contributed by atoms with E-state index in [0.717, 1.165) is 4.47 Å². The molecule has 0 atom stereocenters. The summed E-state index contributed by atoms with van der Waals surface area (Å²) in [6, 6.07) is 1.78. The van der Waals surface area contributed by atoms with Gasteiger partial charge in [0, 0.05) is 34.6 Å². The van der Waals surface area contributed by atoms with Crippen LogP contribution >= 0.6 is 31.9 Å². The van der Waals surface area contributed by atoms with Crippen LogP contribution in [0, 0.1) is 0 Å². The van der Waals surface area contributed by atoms with E-state index < -0.39 is 0 Å². The van der Waals surface area contributed by atoms with Crippen molar-refractivity contribution in [1.82, 2.24) is 14.5 Å². The lowest BCUT2D eigenvalue weighted by molar-refractivity contribution is 0.102. The number of carbonyl (C=O) groups is 1. The molecule has 0 saturated heterocycles. The molecule has 4 nitrogen and oxygen atoms in total. The molecule has 6 heteroatoms. The van der Waals surface area contributed by atoms with Gasteiger partial charge in [-0.3, -0.25) is 9.78 Å². The quantitative estimate of drug-likeness (QED) is 0.787. The van der Waals surface area contributed by atoms with Crippen molar-refractivity contribution in [2.75, 3.05) is 0 Å². The maximum Gasteiger partial charge on any atom is 0.247 e. The molecule has 0 aliphatic heterocycles. The molecule has 82 valence electrons. The first kappa shape index (κ1) is 11.5. The number of nitrogens with zero attached hydrogens (tertiary/aromatic N) is 3. The van der Waals surface area contributed by atoms with Crippen molar-refractivity contribution in [1.29, 1.82) is 0 Å². The SMILES string of the molecule is Cn1ccnc1C(=O)c1ncc(Br)cc1Br. The summed E-state index contributed by atoms with van der Waals surface area (Å²) in [6.07, 6.45) is 4.89. The predicted molar refractivity (Wildman–Crippen MR) is 66.3 cm³/mol. The topological polar surface area (TPSA) is 47.8 Å². The van der Waals surface area contributed by atoms with E-state index in [1.165, 1.54) is 0 Å². The van der Waals surface area contributed by atoms with Gasteiger partial charge in [-0.05, 0) is 37.9 Å². The summed E-state index contributed by atoms with van der Waals surface area (Å²) in [6.45, 7) is 0. The highest BCUT2D eigenvalue weighted by Crippen LogP contribution is 2.21. The number of halogens is 2. The second kappa shape index (κ2) is 4.47. The van der Waals surface area contributed by atoms with Crippen molar-refractivity contribution in [2.45, 2.75) is 0 Å². The Morgan fingerprint density at radius 1 is 1.38 bits per heavy atom. The van der Waals surface area contributed by atoms with E-state index >= 15 is 0 Å². The maximum absolute atomic E-state index is 12.1. The fraction of sp³-hybridized carbons (Fsp3) is 0.100. The van der Waals surface area contributed by atoms with E-state index in [0.29, 0.717) is 16.0 Å². The van der Waals surface area contributed by atoms with Crippen LogP contribution < -0.4 is 0 Å². The zero-order valence-electron chi connectivity index (χ0n) is 8.32. The standard InChI is InChI=1S/C10H7Br2N3O/c1-15-3-2-13-10(15)9(16)8-7(12)4-6(11)5-14-8/h2-5H,1H3. The molecule has 0 aromatic carbocycles. The van der Waals surface area contributed by atoms with Gasteiger partial charge in [0.25, 0.3) is 0 Å². The van der Waals surface area contributed by atoms with Crippen LogP contribution in [0.2, 0.25) is 0 Å². The molecule has 0 amide bonds. The Morgan fingerprint density at radius 3 is 2.69 bits per heavy atom. The number of imidazole rings is 1. The second-order valence-corrected chi connectivity index (χ2v) is 4.94. The molecule has 2 aromatic rings.